The number of rotatable bonds is 4. The van der Waals surface area contributed by atoms with E-state index in [4.69, 9.17) is 0 Å². The molecule has 0 bridgehead atoms. The topological polar surface area (TPSA) is 44.4 Å². The molecule has 1 aliphatic heterocycles. The first-order valence-electron chi connectivity index (χ1n) is 6.57. The van der Waals surface area contributed by atoms with Crippen LogP contribution >= 0.6 is 15.9 Å². The summed E-state index contributed by atoms with van der Waals surface area (Å²) in [7, 11) is 2.10. The monoisotopic (exact) mass is 325 g/mol. The molecule has 104 valence electrons. The lowest BCUT2D eigenvalue weighted by atomic mass is 10.1. The summed E-state index contributed by atoms with van der Waals surface area (Å²) in [4.78, 5) is 14.2. The van der Waals surface area contributed by atoms with Crippen molar-refractivity contribution in [2.24, 2.45) is 0 Å². The summed E-state index contributed by atoms with van der Waals surface area (Å²) in [6.07, 6.45) is 0.442. The molecule has 2 N–H and O–H groups in total. The van der Waals surface area contributed by atoms with Gasteiger partial charge in [0, 0.05) is 36.7 Å². The lowest BCUT2D eigenvalue weighted by Crippen LogP contribution is -2.54. The highest BCUT2D eigenvalue weighted by atomic mass is 79.9. The molecule has 0 spiro atoms. The van der Waals surface area contributed by atoms with E-state index < -0.39 is 0 Å². The molecule has 1 aliphatic rings. The zero-order valence-electron chi connectivity index (χ0n) is 11.2. The number of carbonyl (C=O) groups excluding carboxylic acids is 1. The third-order valence-electron chi connectivity index (χ3n) is 3.46. The molecule has 0 radical (unpaired) electrons. The molecule has 5 heteroatoms. The van der Waals surface area contributed by atoms with Crippen LogP contribution in [0.5, 0.6) is 0 Å². The van der Waals surface area contributed by atoms with Crippen LogP contribution in [0.4, 0.5) is 0 Å². The van der Waals surface area contributed by atoms with E-state index in [1.807, 2.05) is 24.3 Å². The average molecular weight is 326 g/mol. The summed E-state index contributed by atoms with van der Waals surface area (Å²) >= 11 is 3.39. The lowest BCUT2D eigenvalue weighted by molar-refractivity contribution is -0.120. The van der Waals surface area contributed by atoms with Gasteiger partial charge in [-0.25, -0.2) is 0 Å². The van der Waals surface area contributed by atoms with Crippen molar-refractivity contribution in [3.05, 3.63) is 34.3 Å². The Hall–Kier alpha value is -0.910. The summed E-state index contributed by atoms with van der Waals surface area (Å²) in [6, 6.07) is 8.25. The predicted molar refractivity (Wildman–Crippen MR) is 80.1 cm³/mol. The fourth-order valence-corrected chi connectivity index (χ4v) is 2.44. The maximum atomic E-state index is 11.9. The van der Waals surface area contributed by atoms with Gasteiger partial charge in [-0.05, 0) is 24.7 Å². The van der Waals surface area contributed by atoms with Crippen LogP contribution in [-0.4, -0.2) is 50.1 Å². The molecule has 0 aromatic heterocycles. The van der Waals surface area contributed by atoms with Crippen LogP contribution in [-0.2, 0) is 11.2 Å². The first kappa shape index (κ1) is 14.5. The van der Waals surface area contributed by atoms with Crippen molar-refractivity contribution in [2.75, 3.05) is 33.2 Å². The summed E-state index contributed by atoms with van der Waals surface area (Å²) in [5.74, 6) is 0.0845. The number of amides is 1. The number of hydrogen-bond donors (Lipinski definition) is 2. The van der Waals surface area contributed by atoms with Crippen molar-refractivity contribution < 1.29 is 4.79 Å². The largest absolute Gasteiger partial charge is 0.354 e. The Morgan fingerprint density at radius 2 is 2.21 bits per heavy atom. The van der Waals surface area contributed by atoms with Gasteiger partial charge in [0.2, 0.25) is 5.91 Å². The number of nitrogens with zero attached hydrogens (tertiary/aromatic N) is 1. The first-order valence-corrected chi connectivity index (χ1v) is 7.36. The van der Waals surface area contributed by atoms with E-state index in [1.54, 1.807) is 0 Å². The summed E-state index contributed by atoms with van der Waals surface area (Å²) in [5.41, 5.74) is 1.04. The summed E-state index contributed by atoms with van der Waals surface area (Å²) in [6.45, 7) is 3.71. The molecule has 0 aliphatic carbocycles. The molecule has 19 heavy (non-hydrogen) atoms. The minimum atomic E-state index is 0.0845. The van der Waals surface area contributed by atoms with Crippen LogP contribution in [0.25, 0.3) is 0 Å². The minimum Gasteiger partial charge on any atom is -0.354 e. The number of hydrogen-bond acceptors (Lipinski definition) is 3. The smallest absolute Gasteiger partial charge is 0.224 e. The van der Waals surface area contributed by atoms with E-state index in [1.165, 1.54) is 0 Å². The third-order valence-corrected chi connectivity index (χ3v) is 3.99. The molecule has 1 amide bonds. The van der Waals surface area contributed by atoms with Gasteiger partial charge >= 0.3 is 0 Å². The normalized spacial score (nSPS) is 20.2. The van der Waals surface area contributed by atoms with Crippen LogP contribution < -0.4 is 10.6 Å². The SMILES string of the molecule is CN1CCNCC1CNC(=O)Cc1ccc(Br)cc1. The number of halogens is 1. The summed E-state index contributed by atoms with van der Waals surface area (Å²) in [5, 5.41) is 6.36. The van der Waals surface area contributed by atoms with Crippen molar-refractivity contribution in [1.29, 1.82) is 0 Å². The zero-order valence-corrected chi connectivity index (χ0v) is 12.7. The van der Waals surface area contributed by atoms with Crippen LogP contribution in [0, 0.1) is 0 Å². The first-order chi connectivity index (χ1) is 9.15. The van der Waals surface area contributed by atoms with Gasteiger partial charge in [0.15, 0.2) is 0 Å². The van der Waals surface area contributed by atoms with Gasteiger partial charge in [-0.2, -0.15) is 0 Å². The zero-order chi connectivity index (χ0) is 13.7. The number of likely N-dealkylation sites (N-methyl/N-ethyl adjacent to an activating group) is 1. The Bertz CT molecular complexity index is 421. The number of carbonyl (C=O) groups is 1. The van der Waals surface area contributed by atoms with Gasteiger partial charge in [0.1, 0.15) is 0 Å². The highest BCUT2D eigenvalue weighted by molar-refractivity contribution is 9.10. The van der Waals surface area contributed by atoms with Gasteiger partial charge in [-0.3, -0.25) is 9.69 Å². The van der Waals surface area contributed by atoms with Crippen LogP contribution in [0.1, 0.15) is 5.56 Å². The average Bonchev–Trinajstić information content (AvgIpc) is 2.40. The van der Waals surface area contributed by atoms with Gasteiger partial charge in [0.25, 0.3) is 0 Å². The number of benzene rings is 1. The Labute approximate surface area is 122 Å². The molecule has 4 nitrogen and oxygen atoms in total. The van der Waals surface area contributed by atoms with Crippen LogP contribution in [0.3, 0.4) is 0 Å². The van der Waals surface area contributed by atoms with Crippen LogP contribution in [0.15, 0.2) is 28.7 Å². The highest BCUT2D eigenvalue weighted by Crippen LogP contribution is 2.10. The molecule has 1 aromatic rings. The van der Waals surface area contributed by atoms with Gasteiger partial charge in [-0.1, -0.05) is 28.1 Å². The lowest BCUT2D eigenvalue weighted by Gasteiger charge is -2.33. The quantitative estimate of drug-likeness (QED) is 0.868. The fourth-order valence-electron chi connectivity index (χ4n) is 2.17. The minimum absolute atomic E-state index is 0.0845. The maximum Gasteiger partial charge on any atom is 0.224 e. The second-order valence-electron chi connectivity index (χ2n) is 4.95. The van der Waals surface area contributed by atoms with Crippen molar-refractivity contribution in [3.8, 4) is 0 Å². The Balaban J connectivity index is 1.76. The van der Waals surface area contributed by atoms with E-state index in [0.29, 0.717) is 19.0 Å². The number of nitrogens with one attached hydrogen (secondary N) is 2. The molecule has 1 unspecified atom stereocenters. The van der Waals surface area contributed by atoms with Gasteiger partial charge in [0.05, 0.1) is 6.42 Å². The molecule has 1 heterocycles. The second kappa shape index (κ2) is 7.03. The maximum absolute atomic E-state index is 11.9. The van der Waals surface area contributed by atoms with Crippen LogP contribution in [0.2, 0.25) is 0 Å². The Kier molecular flexibility index (Phi) is 5.36. The molecule has 1 saturated heterocycles. The van der Waals surface area contributed by atoms with E-state index in [2.05, 4.69) is 38.5 Å². The molecule has 1 atom stereocenters. The van der Waals surface area contributed by atoms with E-state index >= 15 is 0 Å². The van der Waals surface area contributed by atoms with E-state index in [9.17, 15) is 4.79 Å². The van der Waals surface area contributed by atoms with E-state index in [-0.39, 0.29) is 5.91 Å². The van der Waals surface area contributed by atoms with Gasteiger partial charge < -0.3 is 10.6 Å². The standard InChI is InChI=1S/C14H20BrN3O/c1-18-7-6-16-9-13(18)10-17-14(19)8-11-2-4-12(15)5-3-11/h2-5,13,16H,6-10H2,1H3,(H,17,19). The molecule has 2 rings (SSSR count). The highest BCUT2D eigenvalue weighted by Gasteiger charge is 2.18. The number of piperazine rings is 1. The Morgan fingerprint density at radius 3 is 2.89 bits per heavy atom. The second-order valence-corrected chi connectivity index (χ2v) is 5.86. The Morgan fingerprint density at radius 1 is 1.47 bits per heavy atom. The predicted octanol–water partition coefficient (Wildman–Crippen LogP) is 1.01. The third kappa shape index (κ3) is 4.60. The van der Waals surface area contributed by atoms with Crippen molar-refractivity contribution in [3.63, 3.8) is 0 Å². The molecule has 1 aromatic carbocycles. The molecule has 0 saturated carbocycles. The van der Waals surface area contributed by atoms with E-state index in [0.717, 1.165) is 29.7 Å². The van der Waals surface area contributed by atoms with Gasteiger partial charge in [-0.15, -0.1) is 0 Å². The fraction of sp³-hybridized carbons (Fsp3) is 0.500. The molecular weight excluding hydrogens is 306 g/mol. The summed E-state index contributed by atoms with van der Waals surface area (Å²) < 4.78 is 1.03. The van der Waals surface area contributed by atoms with Crippen molar-refractivity contribution in [2.45, 2.75) is 12.5 Å². The molecular formula is C14H20BrN3O. The van der Waals surface area contributed by atoms with Crippen molar-refractivity contribution in [1.82, 2.24) is 15.5 Å². The van der Waals surface area contributed by atoms with Crippen molar-refractivity contribution >= 4 is 21.8 Å². The molecule has 1 fully saturated rings.